The minimum atomic E-state index is 0.178. The number of hydrogen-bond acceptors (Lipinski definition) is 3. The predicted molar refractivity (Wildman–Crippen MR) is 96.2 cm³/mol. The van der Waals surface area contributed by atoms with Crippen LogP contribution in [0.5, 0.6) is 0 Å². The third kappa shape index (κ3) is 10.8. The standard InChI is InChI=1S/C18H34N4O/c1-2-3-4-5-6-7-8-9-10-13-17(23)20-14-11-12-16-15-21-18(19)22-16/h15H,2-14H2,1H3,(H,20,23)(H3,19,21,22). The third-order valence-electron chi connectivity index (χ3n) is 4.10. The topological polar surface area (TPSA) is 83.8 Å². The smallest absolute Gasteiger partial charge is 0.219 e. The van der Waals surface area contributed by atoms with E-state index in [0.29, 0.717) is 12.4 Å². The SMILES string of the molecule is CCCCCCCCCCCC(=O)NCCCc1cnc(N)[nH]1. The number of carbonyl (C=O) groups excluding carboxylic acids is 1. The van der Waals surface area contributed by atoms with Gasteiger partial charge in [0.15, 0.2) is 5.95 Å². The number of H-pyrrole nitrogens is 1. The second kappa shape index (κ2) is 13.0. The Balaban J connectivity index is 1.85. The van der Waals surface area contributed by atoms with Crippen molar-refractivity contribution in [3.63, 3.8) is 0 Å². The number of anilines is 1. The number of nitrogen functional groups attached to an aromatic ring is 1. The normalized spacial score (nSPS) is 10.8. The van der Waals surface area contributed by atoms with Gasteiger partial charge in [0, 0.05) is 18.7 Å². The number of unbranched alkanes of at least 4 members (excludes halogenated alkanes) is 8. The maximum absolute atomic E-state index is 11.7. The summed E-state index contributed by atoms with van der Waals surface area (Å²) in [5.41, 5.74) is 6.54. The van der Waals surface area contributed by atoms with Crippen LogP contribution in [0.3, 0.4) is 0 Å². The highest BCUT2D eigenvalue weighted by molar-refractivity contribution is 5.75. The Labute approximate surface area is 140 Å². The molecular weight excluding hydrogens is 288 g/mol. The number of rotatable bonds is 14. The summed E-state index contributed by atoms with van der Waals surface area (Å²) >= 11 is 0. The monoisotopic (exact) mass is 322 g/mol. The van der Waals surface area contributed by atoms with Gasteiger partial charge < -0.3 is 16.0 Å². The molecule has 0 unspecified atom stereocenters. The van der Waals surface area contributed by atoms with Gasteiger partial charge in [0.05, 0.1) is 6.20 Å². The van der Waals surface area contributed by atoms with Crippen molar-refractivity contribution in [3.8, 4) is 0 Å². The van der Waals surface area contributed by atoms with E-state index in [9.17, 15) is 4.79 Å². The Morgan fingerprint density at radius 2 is 1.74 bits per heavy atom. The predicted octanol–water partition coefficient (Wildman–Crippen LogP) is 3.96. The van der Waals surface area contributed by atoms with E-state index in [4.69, 9.17) is 5.73 Å². The molecule has 0 spiro atoms. The summed E-state index contributed by atoms with van der Waals surface area (Å²) in [7, 11) is 0. The fourth-order valence-corrected chi connectivity index (χ4v) is 2.69. The van der Waals surface area contributed by atoms with Crippen LogP contribution < -0.4 is 11.1 Å². The number of aromatic amines is 1. The van der Waals surface area contributed by atoms with E-state index < -0.39 is 0 Å². The van der Waals surface area contributed by atoms with Crippen LogP contribution in [-0.4, -0.2) is 22.4 Å². The first-order chi connectivity index (χ1) is 11.2. The minimum absolute atomic E-state index is 0.178. The molecular formula is C18H34N4O. The van der Waals surface area contributed by atoms with Crippen molar-refractivity contribution in [2.75, 3.05) is 12.3 Å². The summed E-state index contributed by atoms with van der Waals surface area (Å²) in [6, 6.07) is 0. The molecule has 5 nitrogen and oxygen atoms in total. The minimum Gasteiger partial charge on any atom is -0.369 e. The highest BCUT2D eigenvalue weighted by Gasteiger charge is 2.02. The van der Waals surface area contributed by atoms with E-state index in [1.165, 1.54) is 51.4 Å². The van der Waals surface area contributed by atoms with Gasteiger partial charge in [-0.2, -0.15) is 0 Å². The zero-order chi connectivity index (χ0) is 16.8. The lowest BCUT2D eigenvalue weighted by atomic mass is 10.1. The molecule has 0 aliphatic heterocycles. The first-order valence-electron chi connectivity index (χ1n) is 9.28. The Morgan fingerprint density at radius 3 is 2.35 bits per heavy atom. The molecule has 1 heterocycles. The van der Waals surface area contributed by atoms with Gasteiger partial charge in [0.1, 0.15) is 0 Å². The number of amides is 1. The lowest BCUT2D eigenvalue weighted by molar-refractivity contribution is -0.121. The average Bonchev–Trinajstić information content (AvgIpc) is 2.95. The molecule has 1 aromatic rings. The van der Waals surface area contributed by atoms with Crippen molar-refractivity contribution < 1.29 is 4.79 Å². The molecule has 1 amide bonds. The average molecular weight is 322 g/mol. The van der Waals surface area contributed by atoms with Crippen LogP contribution in [0, 0.1) is 0 Å². The van der Waals surface area contributed by atoms with Crippen LogP contribution in [0.2, 0.25) is 0 Å². The summed E-state index contributed by atoms with van der Waals surface area (Å²) in [6.45, 7) is 2.97. The second-order valence-corrected chi connectivity index (χ2v) is 6.33. The molecule has 4 N–H and O–H groups in total. The van der Waals surface area contributed by atoms with Crippen molar-refractivity contribution in [3.05, 3.63) is 11.9 Å². The van der Waals surface area contributed by atoms with Crippen LogP contribution >= 0.6 is 0 Å². The second-order valence-electron chi connectivity index (χ2n) is 6.33. The lowest BCUT2D eigenvalue weighted by Crippen LogP contribution is -2.24. The van der Waals surface area contributed by atoms with Crippen LogP contribution in [-0.2, 0) is 11.2 Å². The summed E-state index contributed by atoms with van der Waals surface area (Å²) in [5.74, 6) is 0.631. The Kier molecular flexibility index (Phi) is 11.0. The fraction of sp³-hybridized carbons (Fsp3) is 0.778. The molecule has 132 valence electrons. The molecule has 0 bridgehead atoms. The van der Waals surface area contributed by atoms with Gasteiger partial charge in [-0.05, 0) is 19.3 Å². The molecule has 0 saturated carbocycles. The highest BCUT2D eigenvalue weighted by Crippen LogP contribution is 2.10. The number of nitrogens with zero attached hydrogens (tertiary/aromatic N) is 1. The maximum Gasteiger partial charge on any atom is 0.219 e. The Bertz CT molecular complexity index is 417. The number of hydrogen-bond donors (Lipinski definition) is 3. The van der Waals surface area contributed by atoms with Gasteiger partial charge in [-0.3, -0.25) is 4.79 Å². The van der Waals surface area contributed by atoms with Gasteiger partial charge in [0.2, 0.25) is 5.91 Å². The highest BCUT2D eigenvalue weighted by atomic mass is 16.1. The van der Waals surface area contributed by atoms with Crippen LogP contribution in [0.25, 0.3) is 0 Å². The molecule has 0 aliphatic carbocycles. The van der Waals surface area contributed by atoms with Gasteiger partial charge in [-0.1, -0.05) is 58.3 Å². The van der Waals surface area contributed by atoms with Crippen molar-refractivity contribution in [1.82, 2.24) is 15.3 Å². The van der Waals surface area contributed by atoms with Crippen LogP contribution in [0.15, 0.2) is 6.20 Å². The molecule has 5 heteroatoms. The van der Waals surface area contributed by atoms with Crippen molar-refractivity contribution in [2.24, 2.45) is 0 Å². The summed E-state index contributed by atoms with van der Waals surface area (Å²) in [4.78, 5) is 18.7. The maximum atomic E-state index is 11.7. The van der Waals surface area contributed by atoms with Crippen molar-refractivity contribution in [1.29, 1.82) is 0 Å². The van der Waals surface area contributed by atoms with Crippen molar-refractivity contribution in [2.45, 2.75) is 84.0 Å². The van der Waals surface area contributed by atoms with Gasteiger partial charge >= 0.3 is 0 Å². The van der Waals surface area contributed by atoms with E-state index in [2.05, 4.69) is 22.2 Å². The van der Waals surface area contributed by atoms with Crippen LogP contribution in [0.4, 0.5) is 5.95 Å². The summed E-state index contributed by atoms with van der Waals surface area (Å²) < 4.78 is 0. The number of carbonyl (C=O) groups is 1. The molecule has 1 rings (SSSR count). The number of aromatic nitrogens is 2. The first kappa shape index (κ1) is 19.5. The van der Waals surface area contributed by atoms with Gasteiger partial charge in [0.25, 0.3) is 0 Å². The molecule has 0 radical (unpaired) electrons. The summed E-state index contributed by atoms with van der Waals surface area (Å²) in [6.07, 6.45) is 15.7. The molecule has 0 aliphatic rings. The molecule has 0 fully saturated rings. The van der Waals surface area contributed by atoms with E-state index in [0.717, 1.165) is 31.5 Å². The zero-order valence-electron chi connectivity index (χ0n) is 14.7. The fourth-order valence-electron chi connectivity index (χ4n) is 2.69. The molecule has 23 heavy (non-hydrogen) atoms. The largest absolute Gasteiger partial charge is 0.369 e. The number of nitrogens with one attached hydrogen (secondary N) is 2. The number of nitrogens with two attached hydrogens (primary N) is 1. The molecule has 1 aromatic heterocycles. The van der Waals surface area contributed by atoms with E-state index >= 15 is 0 Å². The zero-order valence-corrected chi connectivity index (χ0v) is 14.7. The number of imidazole rings is 1. The van der Waals surface area contributed by atoms with Gasteiger partial charge in [-0.15, -0.1) is 0 Å². The van der Waals surface area contributed by atoms with Crippen LogP contribution in [0.1, 0.15) is 83.2 Å². The van der Waals surface area contributed by atoms with Crippen molar-refractivity contribution >= 4 is 11.9 Å². The Morgan fingerprint density at radius 1 is 1.09 bits per heavy atom. The van der Waals surface area contributed by atoms with E-state index in [1.54, 1.807) is 6.20 Å². The first-order valence-corrected chi connectivity index (χ1v) is 9.28. The van der Waals surface area contributed by atoms with E-state index in [-0.39, 0.29) is 5.91 Å². The number of aryl methyl sites for hydroxylation is 1. The summed E-state index contributed by atoms with van der Waals surface area (Å²) in [5, 5.41) is 2.98. The quantitative estimate of drug-likeness (QED) is 0.453. The molecule has 0 saturated heterocycles. The lowest BCUT2D eigenvalue weighted by Gasteiger charge is -2.05. The molecule has 0 aromatic carbocycles. The van der Waals surface area contributed by atoms with Gasteiger partial charge in [-0.25, -0.2) is 4.98 Å². The Hall–Kier alpha value is -1.52. The third-order valence-corrected chi connectivity index (χ3v) is 4.10. The molecule has 0 atom stereocenters. The van der Waals surface area contributed by atoms with E-state index in [1.807, 2.05) is 0 Å².